The van der Waals surface area contributed by atoms with E-state index in [-0.39, 0.29) is 59.0 Å². The molecule has 0 spiro atoms. The largest absolute Gasteiger partial charge is 2.00 e. The number of unbranched alkanes of at least 4 members (excludes halogenated alkanes) is 16. The van der Waals surface area contributed by atoms with Crippen molar-refractivity contribution in [1.29, 1.82) is 0 Å². The molecular weight excluding hydrogens is 817 g/mol. The van der Waals surface area contributed by atoms with E-state index in [0.717, 1.165) is 44.1 Å². The van der Waals surface area contributed by atoms with E-state index < -0.39 is 20.2 Å². The minimum Gasteiger partial charge on any atom is -0.872 e. The van der Waals surface area contributed by atoms with E-state index >= 15 is 0 Å². The van der Waals surface area contributed by atoms with Gasteiger partial charge in [-0.2, -0.15) is 8.42 Å². The maximum absolute atomic E-state index is 11.5. The average Bonchev–Trinajstić information content (AvgIpc) is 3.17. The average molecular weight is 879 g/mol. The molecule has 0 unspecified atom stereocenters. The molecule has 0 atom stereocenters. The summed E-state index contributed by atoms with van der Waals surface area (Å²) in [5.74, 6) is 1.80. The number of aryl methyl sites for hydroxylation is 2. The number of ether oxygens (including phenoxy) is 2. The molecule has 0 aromatic heterocycles. The van der Waals surface area contributed by atoms with Gasteiger partial charge in [-0.05, 0) is 97.5 Å². The fraction of sp³-hybridized carbons (Fsp3) is 0.478. The smallest absolute Gasteiger partial charge is 0.872 e. The predicted octanol–water partition coefficient (Wildman–Crippen LogP) is 11.7. The monoisotopic (exact) mass is 878 g/mol. The number of aromatic hydroxyl groups is 1. The van der Waals surface area contributed by atoms with E-state index in [2.05, 4.69) is 13.8 Å². The molecule has 0 heterocycles. The molecule has 0 aliphatic carbocycles. The molecule has 0 saturated heterocycles. The molecule has 320 valence electrons. The first-order valence-electron chi connectivity index (χ1n) is 20.9. The van der Waals surface area contributed by atoms with E-state index in [4.69, 9.17) is 9.47 Å². The fourth-order valence-corrected chi connectivity index (χ4v) is 7.66. The zero-order valence-electron chi connectivity index (χ0n) is 34.9. The number of hydrogen-bond acceptors (Lipinski definition) is 9. The summed E-state index contributed by atoms with van der Waals surface area (Å²) in [5, 5.41) is 21.1. The second-order valence-corrected chi connectivity index (χ2v) is 17.6. The summed E-state index contributed by atoms with van der Waals surface area (Å²) in [7, 11) is -8.80. The van der Waals surface area contributed by atoms with Crippen LogP contribution in [0.15, 0.2) is 94.7 Å². The van der Waals surface area contributed by atoms with Crippen LogP contribution in [0.25, 0.3) is 0 Å². The van der Waals surface area contributed by atoms with Crippen LogP contribution >= 0.6 is 0 Å². The van der Waals surface area contributed by atoms with Gasteiger partial charge >= 0.3 is 37.7 Å². The summed E-state index contributed by atoms with van der Waals surface area (Å²) in [6, 6.07) is 21.0. The summed E-state index contributed by atoms with van der Waals surface area (Å²) >= 11 is 0. The Hall–Kier alpha value is -2.84. The van der Waals surface area contributed by atoms with Gasteiger partial charge in [-0.1, -0.05) is 135 Å². The van der Waals surface area contributed by atoms with Crippen molar-refractivity contribution in [2.45, 2.75) is 152 Å². The number of phenols is 1. The van der Waals surface area contributed by atoms with Gasteiger partial charge in [0.1, 0.15) is 38.9 Å². The Bertz CT molecular complexity index is 1870. The first-order valence-corrected chi connectivity index (χ1v) is 23.8. The number of hydrogen-bond donors (Lipinski definition) is 2. The maximum atomic E-state index is 11.5. The quantitative estimate of drug-likeness (QED) is 0.0351. The summed E-state index contributed by atoms with van der Waals surface area (Å²) in [4.78, 5) is -0.389. The summed E-state index contributed by atoms with van der Waals surface area (Å²) < 4.78 is 78.2. The first-order chi connectivity index (χ1) is 27.8. The maximum Gasteiger partial charge on any atom is 2.00 e. The van der Waals surface area contributed by atoms with Gasteiger partial charge < -0.3 is 24.2 Å². The molecule has 0 saturated carbocycles. The standard InChI is InChI=1S/2C23H32O5S.Ca/c2*1-2-3-4-5-6-7-8-9-10-12-19-17-22(29(25,26)27)15-16-23(19)28-21-14-11-13-20(24)18-21;/h2*11,13-18,24H,2-10,12H2,1H3,(H,25,26,27);/q;;+2/p-2. The molecule has 10 nitrogen and oxygen atoms in total. The molecule has 0 fully saturated rings. The molecule has 4 aromatic carbocycles. The van der Waals surface area contributed by atoms with Crippen LogP contribution in [0.4, 0.5) is 0 Å². The second kappa shape index (κ2) is 28.6. The number of rotatable bonds is 26. The zero-order valence-corrected chi connectivity index (χ0v) is 38.8. The van der Waals surface area contributed by atoms with Crippen LogP contribution in [0, 0.1) is 0 Å². The molecule has 4 rings (SSSR count). The van der Waals surface area contributed by atoms with Gasteiger partial charge in [0.2, 0.25) is 0 Å². The minimum atomic E-state index is -4.53. The van der Waals surface area contributed by atoms with Crippen molar-refractivity contribution >= 4 is 58.0 Å². The van der Waals surface area contributed by atoms with Crippen LogP contribution in [0.3, 0.4) is 0 Å². The normalized spacial score (nSPS) is 11.3. The van der Waals surface area contributed by atoms with Gasteiger partial charge in [0.15, 0.2) is 0 Å². The second-order valence-electron chi connectivity index (χ2n) is 14.8. The van der Waals surface area contributed by atoms with Crippen LogP contribution in [0.5, 0.6) is 34.5 Å². The third-order valence-electron chi connectivity index (χ3n) is 9.83. The molecule has 0 bridgehead atoms. The Labute approximate surface area is 383 Å². The van der Waals surface area contributed by atoms with Crippen LogP contribution in [-0.4, -0.2) is 68.8 Å². The Morgan fingerprint density at radius 1 is 0.525 bits per heavy atom. The molecule has 0 aliphatic rings. The van der Waals surface area contributed by atoms with E-state index in [1.165, 1.54) is 126 Å². The molecule has 0 aliphatic heterocycles. The number of benzene rings is 4. The van der Waals surface area contributed by atoms with Crippen LogP contribution < -0.4 is 14.6 Å². The third-order valence-corrected chi connectivity index (χ3v) is 11.5. The Balaban J connectivity index is 0.000000400. The van der Waals surface area contributed by atoms with E-state index in [0.29, 0.717) is 41.4 Å². The van der Waals surface area contributed by atoms with Crippen molar-refractivity contribution < 1.29 is 45.6 Å². The van der Waals surface area contributed by atoms with Crippen molar-refractivity contribution in [3.63, 3.8) is 0 Å². The fourth-order valence-electron chi connectivity index (χ4n) is 6.61. The molecule has 59 heavy (non-hydrogen) atoms. The molecule has 0 amide bonds. The van der Waals surface area contributed by atoms with E-state index in [1.807, 2.05) is 0 Å². The van der Waals surface area contributed by atoms with Crippen molar-refractivity contribution in [2.75, 3.05) is 0 Å². The van der Waals surface area contributed by atoms with Crippen molar-refractivity contribution in [2.24, 2.45) is 0 Å². The van der Waals surface area contributed by atoms with Gasteiger partial charge in [0.05, 0.1) is 9.79 Å². The summed E-state index contributed by atoms with van der Waals surface area (Å²) in [5.41, 5.74) is 1.40. The van der Waals surface area contributed by atoms with Crippen molar-refractivity contribution in [1.82, 2.24) is 0 Å². The molecule has 2 N–H and O–H groups in total. The molecule has 4 aromatic rings. The first kappa shape index (κ1) is 52.3. The van der Waals surface area contributed by atoms with Crippen LogP contribution in [0.1, 0.15) is 141 Å². The molecular formula is C46H62CaO10S2. The SMILES string of the molecule is CCCCCCCCCCCc1cc(S(=O)(=O)O)ccc1Oc1cccc(O)c1.CCCCCCCCCCCc1cc(S(=O)(=O)[O-])ccc1Oc1cccc([O-])c1.[Ca+2]. The van der Waals surface area contributed by atoms with Crippen molar-refractivity contribution in [3.05, 3.63) is 96.1 Å². The summed E-state index contributed by atoms with van der Waals surface area (Å²) in [6.07, 6.45) is 22.8. The molecule has 13 heteroatoms. The van der Waals surface area contributed by atoms with E-state index in [9.17, 15) is 36.2 Å². The Kier molecular flexibility index (Phi) is 25.4. The summed E-state index contributed by atoms with van der Waals surface area (Å²) in [6.45, 7) is 4.43. The Morgan fingerprint density at radius 2 is 0.932 bits per heavy atom. The predicted molar refractivity (Wildman–Crippen MR) is 232 cm³/mol. The van der Waals surface area contributed by atoms with Gasteiger partial charge in [0, 0.05) is 6.07 Å². The van der Waals surface area contributed by atoms with Crippen molar-refractivity contribution in [3.8, 4) is 34.5 Å². The minimum absolute atomic E-state index is 0. The van der Waals surface area contributed by atoms with Gasteiger partial charge in [-0.25, -0.2) is 8.42 Å². The van der Waals surface area contributed by atoms with E-state index in [1.54, 1.807) is 36.4 Å². The van der Waals surface area contributed by atoms with Gasteiger partial charge in [-0.3, -0.25) is 4.55 Å². The molecule has 0 radical (unpaired) electrons. The Morgan fingerprint density at radius 3 is 1.36 bits per heavy atom. The zero-order chi connectivity index (χ0) is 42.2. The van der Waals surface area contributed by atoms with Gasteiger partial charge in [-0.15, -0.1) is 5.75 Å². The van der Waals surface area contributed by atoms with Crippen LogP contribution in [0.2, 0.25) is 0 Å². The third kappa shape index (κ3) is 21.5. The van der Waals surface area contributed by atoms with Gasteiger partial charge in [0.25, 0.3) is 10.1 Å². The van der Waals surface area contributed by atoms with Crippen LogP contribution in [-0.2, 0) is 33.1 Å². The topological polar surface area (TPSA) is 173 Å². The number of phenolic OH excluding ortho intramolecular Hbond substituents is 1.